The molecule has 1 heterocycles. The van der Waals surface area contributed by atoms with Gasteiger partial charge in [0.05, 0.1) is 11.5 Å². The van der Waals surface area contributed by atoms with Gasteiger partial charge in [0.25, 0.3) is 0 Å². The predicted molar refractivity (Wildman–Crippen MR) is 101 cm³/mol. The van der Waals surface area contributed by atoms with Crippen LogP contribution < -0.4 is 5.32 Å². The molecule has 9 heteroatoms. The molecule has 1 fully saturated rings. The molecule has 0 radical (unpaired) electrons. The first-order valence-corrected chi connectivity index (χ1v) is 10.5. The number of nitrogens with zero attached hydrogens (tertiary/aromatic N) is 2. The lowest BCUT2D eigenvalue weighted by Crippen LogP contribution is -2.57. The Hall–Kier alpha value is -2.13. The van der Waals surface area contributed by atoms with Gasteiger partial charge in [0, 0.05) is 26.2 Å². The molecule has 0 aromatic heterocycles. The van der Waals surface area contributed by atoms with Gasteiger partial charge in [-0.15, -0.1) is 0 Å². The highest BCUT2D eigenvalue weighted by Gasteiger charge is 2.34. The fraction of sp³-hybridized carbons (Fsp3) is 0.556. The number of benzene rings is 1. The Kier molecular flexibility index (Phi) is 7.20. The van der Waals surface area contributed by atoms with Gasteiger partial charge in [-0.3, -0.25) is 4.79 Å². The largest absolute Gasteiger partial charge is 0.450 e. The molecule has 1 aliphatic heterocycles. The second kappa shape index (κ2) is 9.18. The standard InChI is InChI=1S/C18H27N3O5S/c1-4-26-18(23)19-16(14(2)3)17(22)20-10-12-21(13-11-20)27(24,25)15-8-6-5-7-9-15/h5-9,14,16H,4,10-13H2,1-3H3,(H,19,23). The Labute approximate surface area is 160 Å². The number of hydrogen-bond donors (Lipinski definition) is 1. The minimum Gasteiger partial charge on any atom is -0.450 e. The van der Waals surface area contributed by atoms with E-state index in [0.717, 1.165) is 0 Å². The summed E-state index contributed by atoms with van der Waals surface area (Å²) in [5, 5.41) is 2.60. The lowest BCUT2D eigenvalue weighted by molar-refractivity contribution is -0.135. The summed E-state index contributed by atoms with van der Waals surface area (Å²) in [4.78, 5) is 26.3. The number of alkyl carbamates (subject to hydrolysis) is 1. The molecule has 2 amide bonds. The number of rotatable bonds is 6. The predicted octanol–water partition coefficient (Wildman–Crippen LogP) is 1.29. The topological polar surface area (TPSA) is 96.0 Å². The Morgan fingerprint density at radius 2 is 1.70 bits per heavy atom. The van der Waals surface area contributed by atoms with Crippen molar-refractivity contribution in [1.82, 2.24) is 14.5 Å². The van der Waals surface area contributed by atoms with Gasteiger partial charge in [-0.25, -0.2) is 13.2 Å². The molecule has 2 rings (SSSR count). The summed E-state index contributed by atoms with van der Waals surface area (Å²) in [5.41, 5.74) is 0. The van der Waals surface area contributed by atoms with Gasteiger partial charge < -0.3 is 15.0 Å². The van der Waals surface area contributed by atoms with Crippen molar-refractivity contribution in [3.8, 4) is 0 Å². The summed E-state index contributed by atoms with van der Waals surface area (Å²) in [6.45, 7) is 6.58. The molecule has 1 unspecified atom stereocenters. The monoisotopic (exact) mass is 397 g/mol. The van der Waals surface area contributed by atoms with Crippen molar-refractivity contribution in [2.45, 2.75) is 31.7 Å². The quantitative estimate of drug-likeness (QED) is 0.780. The Balaban J connectivity index is 2.01. The molecule has 150 valence electrons. The zero-order valence-electron chi connectivity index (χ0n) is 15.9. The van der Waals surface area contributed by atoms with E-state index in [1.165, 1.54) is 4.31 Å². The minimum atomic E-state index is -3.57. The number of carbonyl (C=O) groups excluding carboxylic acids is 2. The van der Waals surface area contributed by atoms with Crippen LogP contribution in [0, 0.1) is 5.92 Å². The fourth-order valence-electron chi connectivity index (χ4n) is 2.90. The molecule has 8 nitrogen and oxygen atoms in total. The summed E-state index contributed by atoms with van der Waals surface area (Å²) in [6.07, 6.45) is -0.630. The van der Waals surface area contributed by atoms with E-state index in [1.807, 2.05) is 13.8 Å². The first-order chi connectivity index (χ1) is 12.8. The number of piperazine rings is 1. The number of amides is 2. The van der Waals surface area contributed by atoms with Crippen molar-refractivity contribution in [2.75, 3.05) is 32.8 Å². The first-order valence-electron chi connectivity index (χ1n) is 9.04. The van der Waals surface area contributed by atoms with Gasteiger partial charge in [-0.2, -0.15) is 4.31 Å². The molecule has 27 heavy (non-hydrogen) atoms. The summed E-state index contributed by atoms with van der Waals surface area (Å²) >= 11 is 0. The average molecular weight is 397 g/mol. The molecule has 1 aromatic rings. The molecule has 1 saturated heterocycles. The average Bonchev–Trinajstić information content (AvgIpc) is 2.66. The maximum atomic E-state index is 12.8. The third-order valence-electron chi connectivity index (χ3n) is 4.41. The number of ether oxygens (including phenoxy) is 1. The maximum Gasteiger partial charge on any atom is 0.407 e. The van der Waals surface area contributed by atoms with E-state index in [0.29, 0.717) is 0 Å². The minimum absolute atomic E-state index is 0.118. The van der Waals surface area contributed by atoms with Gasteiger partial charge in [-0.1, -0.05) is 32.0 Å². The van der Waals surface area contributed by atoms with Crippen LogP contribution in [-0.2, 0) is 19.6 Å². The van der Waals surface area contributed by atoms with Crippen LogP contribution in [0.5, 0.6) is 0 Å². The number of hydrogen-bond acceptors (Lipinski definition) is 5. The second-order valence-electron chi connectivity index (χ2n) is 6.63. The highest BCUT2D eigenvalue weighted by atomic mass is 32.2. The third kappa shape index (κ3) is 5.20. The van der Waals surface area contributed by atoms with Crippen LogP contribution in [0.4, 0.5) is 4.79 Å². The lowest BCUT2D eigenvalue weighted by atomic mass is 10.0. The van der Waals surface area contributed by atoms with Crippen LogP contribution in [0.1, 0.15) is 20.8 Å². The molecule has 1 aromatic carbocycles. The summed E-state index contributed by atoms with van der Waals surface area (Å²) in [7, 11) is -3.57. The van der Waals surface area contributed by atoms with Gasteiger partial charge in [0.15, 0.2) is 0 Å². The fourth-order valence-corrected chi connectivity index (χ4v) is 4.34. The van der Waals surface area contributed by atoms with Crippen molar-refractivity contribution in [2.24, 2.45) is 5.92 Å². The molecule has 1 aliphatic rings. The van der Waals surface area contributed by atoms with Crippen molar-refractivity contribution < 1.29 is 22.7 Å². The number of nitrogens with one attached hydrogen (secondary N) is 1. The molecular weight excluding hydrogens is 370 g/mol. The van der Waals surface area contributed by atoms with E-state index >= 15 is 0 Å². The molecular formula is C18H27N3O5S. The van der Waals surface area contributed by atoms with Crippen molar-refractivity contribution in [1.29, 1.82) is 0 Å². The van der Waals surface area contributed by atoms with Crippen molar-refractivity contribution >= 4 is 22.0 Å². The number of sulfonamides is 1. The van der Waals surface area contributed by atoms with E-state index in [2.05, 4.69) is 5.32 Å². The van der Waals surface area contributed by atoms with Crippen molar-refractivity contribution in [3.63, 3.8) is 0 Å². The zero-order valence-corrected chi connectivity index (χ0v) is 16.7. The van der Waals surface area contributed by atoms with Crippen LogP contribution in [-0.4, -0.2) is 68.5 Å². The zero-order chi connectivity index (χ0) is 20.0. The van der Waals surface area contributed by atoms with Crippen LogP contribution >= 0.6 is 0 Å². The highest BCUT2D eigenvalue weighted by molar-refractivity contribution is 7.89. The van der Waals surface area contributed by atoms with Gasteiger partial charge in [0.1, 0.15) is 6.04 Å². The number of carbonyl (C=O) groups is 2. The van der Waals surface area contributed by atoms with Gasteiger partial charge in [0.2, 0.25) is 15.9 Å². The van der Waals surface area contributed by atoms with Crippen LogP contribution in [0.15, 0.2) is 35.2 Å². The smallest absolute Gasteiger partial charge is 0.407 e. The summed E-state index contributed by atoms with van der Waals surface area (Å²) < 4.78 is 31.6. The Morgan fingerprint density at radius 1 is 1.11 bits per heavy atom. The van der Waals surface area contributed by atoms with Crippen LogP contribution in [0.2, 0.25) is 0 Å². The normalized spacial score (nSPS) is 16.8. The molecule has 1 N–H and O–H groups in total. The SMILES string of the molecule is CCOC(=O)NC(C(=O)N1CCN(S(=O)(=O)c2ccccc2)CC1)C(C)C. The maximum absolute atomic E-state index is 12.8. The molecule has 0 spiro atoms. The second-order valence-corrected chi connectivity index (χ2v) is 8.57. The summed E-state index contributed by atoms with van der Waals surface area (Å²) in [6, 6.07) is 7.54. The van der Waals surface area contributed by atoms with E-state index in [4.69, 9.17) is 4.74 Å². The summed E-state index contributed by atoms with van der Waals surface area (Å²) in [5.74, 6) is -0.345. The Morgan fingerprint density at radius 3 is 2.22 bits per heavy atom. The van der Waals surface area contributed by atoms with E-state index < -0.39 is 22.2 Å². The first kappa shape index (κ1) is 21.2. The molecule has 0 saturated carbocycles. The molecule has 0 bridgehead atoms. The van der Waals surface area contributed by atoms with E-state index in [1.54, 1.807) is 42.2 Å². The molecule has 0 aliphatic carbocycles. The molecule has 1 atom stereocenters. The van der Waals surface area contributed by atoms with Crippen molar-refractivity contribution in [3.05, 3.63) is 30.3 Å². The van der Waals surface area contributed by atoms with Gasteiger partial charge in [-0.05, 0) is 25.0 Å². The van der Waals surface area contributed by atoms with Crippen LogP contribution in [0.3, 0.4) is 0 Å². The van der Waals surface area contributed by atoms with Crippen LogP contribution in [0.25, 0.3) is 0 Å². The Bertz CT molecular complexity index is 744. The van der Waals surface area contributed by atoms with Gasteiger partial charge >= 0.3 is 6.09 Å². The highest BCUT2D eigenvalue weighted by Crippen LogP contribution is 2.18. The third-order valence-corrected chi connectivity index (χ3v) is 6.33. The van der Waals surface area contributed by atoms with E-state index in [-0.39, 0.29) is 49.5 Å². The lowest BCUT2D eigenvalue weighted by Gasteiger charge is -2.36. The van der Waals surface area contributed by atoms with E-state index in [9.17, 15) is 18.0 Å².